The Morgan fingerprint density at radius 2 is 1.69 bits per heavy atom. The number of amides is 2. The maximum Gasteiger partial charge on any atom is 0.274 e. The number of pyridine rings is 1. The zero-order chi connectivity index (χ0) is 18.5. The standard InChI is InChI=1S/C19H23N5O2/c1-14(25)21-15-4-3-5-16(12-15)22-19(26)18-7-6-17(13-20-18)24-10-8-23(2)9-11-24/h3-7,12-13H,8-11H2,1-2H3,(H,21,25)(H,22,26). The molecule has 0 radical (unpaired) electrons. The van der Waals surface area contributed by atoms with Crippen molar-refractivity contribution in [1.82, 2.24) is 9.88 Å². The van der Waals surface area contributed by atoms with E-state index in [0.717, 1.165) is 31.9 Å². The molecule has 1 fully saturated rings. The third kappa shape index (κ3) is 4.58. The molecule has 26 heavy (non-hydrogen) atoms. The van der Waals surface area contributed by atoms with Crippen molar-refractivity contribution in [2.24, 2.45) is 0 Å². The second kappa shape index (κ2) is 7.97. The summed E-state index contributed by atoms with van der Waals surface area (Å²) >= 11 is 0. The van der Waals surface area contributed by atoms with Crippen molar-refractivity contribution >= 4 is 28.9 Å². The number of hydrogen-bond donors (Lipinski definition) is 2. The second-order valence-corrected chi connectivity index (χ2v) is 6.41. The number of hydrogen-bond acceptors (Lipinski definition) is 5. The predicted octanol–water partition coefficient (Wildman–Crippen LogP) is 2.04. The van der Waals surface area contributed by atoms with Gasteiger partial charge in [0.25, 0.3) is 5.91 Å². The number of rotatable bonds is 4. The molecular formula is C19H23N5O2. The molecule has 2 aromatic rings. The fourth-order valence-corrected chi connectivity index (χ4v) is 2.85. The lowest BCUT2D eigenvalue weighted by Crippen LogP contribution is -2.44. The van der Waals surface area contributed by atoms with Gasteiger partial charge in [0, 0.05) is 44.5 Å². The number of carbonyl (C=O) groups is 2. The van der Waals surface area contributed by atoms with Crippen molar-refractivity contribution in [2.45, 2.75) is 6.92 Å². The Morgan fingerprint density at radius 3 is 2.31 bits per heavy atom. The van der Waals surface area contributed by atoms with Gasteiger partial charge in [0.1, 0.15) is 5.69 Å². The van der Waals surface area contributed by atoms with E-state index in [9.17, 15) is 9.59 Å². The minimum Gasteiger partial charge on any atom is -0.368 e. The maximum atomic E-state index is 12.4. The maximum absolute atomic E-state index is 12.4. The topological polar surface area (TPSA) is 77.6 Å². The van der Waals surface area contributed by atoms with Gasteiger partial charge in [0.15, 0.2) is 0 Å². The van der Waals surface area contributed by atoms with Crippen LogP contribution in [0.4, 0.5) is 17.1 Å². The minimum atomic E-state index is -0.282. The molecule has 3 rings (SSSR count). The van der Waals surface area contributed by atoms with E-state index in [1.54, 1.807) is 36.5 Å². The summed E-state index contributed by atoms with van der Waals surface area (Å²) in [5.41, 5.74) is 2.62. The van der Waals surface area contributed by atoms with E-state index in [4.69, 9.17) is 0 Å². The van der Waals surface area contributed by atoms with Gasteiger partial charge >= 0.3 is 0 Å². The molecule has 0 atom stereocenters. The molecule has 0 aliphatic carbocycles. The molecule has 0 unspecified atom stereocenters. The van der Waals surface area contributed by atoms with E-state index < -0.39 is 0 Å². The fraction of sp³-hybridized carbons (Fsp3) is 0.316. The molecule has 2 amide bonds. The molecule has 0 bridgehead atoms. The first-order chi connectivity index (χ1) is 12.5. The highest BCUT2D eigenvalue weighted by Gasteiger charge is 2.15. The van der Waals surface area contributed by atoms with Gasteiger partial charge < -0.3 is 20.4 Å². The van der Waals surface area contributed by atoms with Crippen LogP contribution in [0.2, 0.25) is 0 Å². The van der Waals surface area contributed by atoms with E-state index in [2.05, 4.69) is 32.5 Å². The van der Waals surface area contributed by atoms with Gasteiger partial charge in [-0.3, -0.25) is 9.59 Å². The summed E-state index contributed by atoms with van der Waals surface area (Å²) in [4.78, 5) is 32.4. The molecular weight excluding hydrogens is 330 g/mol. The van der Waals surface area contributed by atoms with Crippen LogP contribution < -0.4 is 15.5 Å². The van der Waals surface area contributed by atoms with Crippen molar-refractivity contribution in [3.63, 3.8) is 0 Å². The number of likely N-dealkylation sites (N-methyl/N-ethyl adjacent to an activating group) is 1. The molecule has 2 N–H and O–H groups in total. The summed E-state index contributed by atoms with van der Waals surface area (Å²) < 4.78 is 0. The smallest absolute Gasteiger partial charge is 0.274 e. The fourth-order valence-electron chi connectivity index (χ4n) is 2.85. The first-order valence-electron chi connectivity index (χ1n) is 8.60. The lowest BCUT2D eigenvalue weighted by atomic mass is 10.2. The van der Waals surface area contributed by atoms with Crippen molar-refractivity contribution in [3.05, 3.63) is 48.3 Å². The van der Waals surface area contributed by atoms with Crippen LogP contribution in [0, 0.1) is 0 Å². The summed E-state index contributed by atoms with van der Waals surface area (Å²) in [5, 5.41) is 5.49. The van der Waals surface area contributed by atoms with Gasteiger partial charge in [-0.2, -0.15) is 0 Å². The van der Waals surface area contributed by atoms with Crippen LogP contribution >= 0.6 is 0 Å². The highest BCUT2D eigenvalue weighted by molar-refractivity contribution is 6.03. The Morgan fingerprint density at radius 1 is 1.00 bits per heavy atom. The first kappa shape index (κ1) is 17.9. The van der Waals surface area contributed by atoms with Gasteiger partial charge in [-0.25, -0.2) is 4.98 Å². The lowest BCUT2D eigenvalue weighted by Gasteiger charge is -2.33. The highest BCUT2D eigenvalue weighted by atomic mass is 16.2. The third-order valence-electron chi connectivity index (χ3n) is 4.29. The van der Waals surface area contributed by atoms with E-state index in [-0.39, 0.29) is 11.8 Å². The van der Waals surface area contributed by atoms with Crippen molar-refractivity contribution in [2.75, 3.05) is 48.8 Å². The normalized spacial score (nSPS) is 14.8. The summed E-state index contributed by atoms with van der Waals surface area (Å²) in [6.07, 6.45) is 1.74. The van der Waals surface area contributed by atoms with Crippen LogP contribution in [-0.2, 0) is 4.79 Å². The molecule has 0 spiro atoms. The number of nitrogens with zero attached hydrogens (tertiary/aromatic N) is 3. The van der Waals surface area contributed by atoms with Crippen molar-refractivity contribution < 1.29 is 9.59 Å². The van der Waals surface area contributed by atoms with Crippen molar-refractivity contribution in [1.29, 1.82) is 0 Å². The SMILES string of the molecule is CC(=O)Nc1cccc(NC(=O)c2ccc(N3CCN(C)CC3)cn2)c1. The molecule has 0 saturated carbocycles. The number of nitrogens with one attached hydrogen (secondary N) is 2. The van der Waals surface area contributed by atoms with E-state index in [1.807, 2.05) is 6.07 Å². The monoisotopic (exact) mass is 353 g/mol. The number of piperazine rings is 1. The van der Waals surface area contributed by atoms with Gasteiger partial charge in [-0.15, -0.1) is 0 Å². The first-order valence-corrected chi connectivity index (χ1v) is 8.60. The van der Waals surface area contributed by atoms with Gasteiger partial charge in [-0.1, -0.05) is 6.07 Å². The van der Waals surface area contributed by atoms with Gasteiger partial charge in [0.2, 0.25) is 5.91 Å². The number of anilines is 3. The number of benzene rings is 1. The highest BCUT2D eigenvalue weighted by Crippen LogP contribution is 2.18. The third-order valence-corrected chi connectivity index (χ3v) is 4.29. The predicted molar refractivity (Wildman–Crippen MR) is 103 cm³/mol. The van der Waals surface area contributed by atoms with E-state index in [0.29, 0.717) is 17.1 Å². The molecule has 1 saturated heterocycles. The Hall–Kier alpha value is -2.93. The van der Waals surface area contributed by atoms with Crippen LogP contribution in [0.25, 0.3) is 0 Å². The van der Waals surface area contributed by atoms with Crippen LogP contribution in [0.3, 0.4) is 0 Å². The average Bonchev–Trinajstić information content (AvgIpc) is 2.62. The minimum absolute atomic E-state index is 0.158. The second-order valence-electron chi connectivity index (χ2n) is 6.41. The number of aromatic nitrogens is 1. The lowest BCUT2D eigenvalue weighted by molar-refractivity contribution is -0.114. The Kier molecular flexibility index (Phi) is 5.48. The molecule has 1 aromatic heterocycles. The van der Waals surface area contributed by atoms with Crippen LogP contribution in [0.15, 0.2) is 42.6 Å². The molecule has 7 nitrogen and oxygen atoms in total. The van der Waals surface area contributed by atoms with E-state index >= 15 is 0 Å². The molecule has 1 aromatic carbocycles. The summed E-state index contributed by atoms with van der Waals surface area (Å²) in [5.74, 6) is -0.440. The van der Waals surface area contributed by atoms with E-state index in [1.165, 1.54) is 6.92 Å². The summed E-state index contributed by atoms with van der Waals surface area (Å²) in [6, 6.07) is 10.7. The number of carbonyl (C=O) groups excluding carboxylic acids is 2. The summed E-state index contributed by atoms with van der Waals surface area (Å²) in [7, 11) is 2.12. The zero-order valence-corrected chi connectivity index (χ0v) is 15.0. The zero-order valence-electron chi connectivity index (χ0n) is 15.0. The molecule has 2 heterocycles. The quantitative estimate of drug-likeness (QED) is 0.880. The van der Waals surface area contributed by atoms with Crippen molar-refractivity contribution in [3.8, 4) is 0 Å². The molecule has 1 aliphatic heterocycles. The molecule has 1 aliphatic rings. The van der Waals surface area contributed by atoms with Crippen LogP contribution in [-0.4, -0.2) is 54.9 Å². The Bertz CT molecular complexity index is 783. The van der Waals surface area contributed by atoms with Gasteiger partial charge in [-0.05, 0) is 37.4 Å². The van der Waals surface area contributed by atoms with Crippen LogP contribution in [0.1, 0.15) is 17.4 Å². The average molecular weight is 353 g/mol. The molecule has 136 valence electrons. The summed E-state index contributed by atoms with van der Waals surface area (Å²) in [6.45, 7) is 5.40. The largest absolute Gasteiger partial charge is 0.368 e. The Balaban J connectivity index is 1.64. The molecule has 7 heteroatoms. The van der Waals surface area contributed by atoms with Gasteiger partial charge in [0.05, 0.1) is 11.9 Å². The van der Waals surface area contributed by atoms with Crippen LogP contribution in [0.5, 0.6) is 0 Å². The Labute approximate surface area is 153 Å².